The number of allylic oxidation sites excluding steroid dienone is 4. The van der Waals surface area contributed by atoms with Gasteiger partial charge in [-0.3, -0.25) is 0 Å². The lowest BCUT2D eigenvalue weighted by molar-refractivity contribution is -0.150. The molecule has 5 heteroatoms. The molecule has 0 spiro atoms. The first kappa shape index (κ1) is 34.1. The fourth-order valence-electron chi connectivity index (χ4n) is 11.7. The monoisotopic (exact) mass is 664 g/mol. The predicted molar refractivity (Wildman–Crippen MR) is 193 cm³/mol. The van der Waals surface area contributed by atoms with Crippen molar-refractivity contribution >= 4 is 11.9 Å². The van der Waals surface area contributed by atoms with Crippen LogP contribution in [-0.2, 0) is 9.47 Å². The lowest BCUT2D eigenvalue weighted by Gasteiger charge is -2.69. The Labute approximate surface area is 293 Å². The van der Waals surface area contributed by atoms with E-state index in [4.69, 9.17) is 9.47 Å². The molecule has 5 aliphatic carbocycles. The van der Waals surface area contributed by atoms with Crippen molar-refractivity contribution < 1.29 is 24.2 Å². The molecule has 1 N–H and O–H groups in total. The summed E-state index contributed by atoms with van der Waals surface area (Å²) in [6.45, 7) is 17.6. The first-order valence-electron chi connectivity index (χ1n) is 18.7. The van der Waals surface area contributed by atoms with Gasteiger partial charge in [0, 0.05) is 10.8 Å². The summed E-state index contributed by atoms with van der Waals surface area (Å²) in [6, 6.07) is 15.7. The first-order chi connectivity index (χ1) is 23.0. The number of aromatic hydroxyl groups is 1. The topological polar surface area (TPSA) is 72.8 Å². The van der Waals surface area contributed by atoms with Crippen molar-refractivity contribution in [2.45, 2.75) is 112 Å². The molecule has 0 saturated heterocycles. The molecule has 8 unspecified atom stereocenters. The van der Waals surface area contributed by atoms with Gasteiger partial charge in [-0.2, -0.15) is 0 Å². The van der Waals surface area contributed by atoms with E-state index in [1.165, 1.54) is 19.3 Å². The van der Waals surface area contributed by atoms with Gasteiger partial charge in [0.05, 0.1) is 17.7 Å². The van der Waals surface area contributed by atoms with Crippen molar-refractivity contribution in [3.63, 3.8) is 0 Å². The summed E-state index contributed by atoms with van der Waals surface area (Å²) >= 11 is 0. The summed E-state index contributed by atoms with van der Waals surface area (Å²) < 4.78 is 12.3. The summed E-state index contributed by atoms with van der Waals surface area (Å²) in [4.78, 5) is 26.1. The summed E-state index contributed by atoms with van der Waals surface area (Å²) in [6.07, 6.45) is 14.7. The molecule has 0 bridgehead atoms. The number of carbonyl (C=O) groups is 2. The summed E-state index contributed by atoms with van der Waals surface area (Å²) in [5.41, 5.74) is 4.48. The number of esters is 2. The van der Waals surface area contributed by atoms with Crippen LogP contribution in [0.5, 0.6) is 5.75 Å². The number of phenols is 1. The van der Waals surface area contributed by atoms with Gasteiger partial charge in [-0.25, -0.2) is 9.59 Å². The third kappa shape index (κ3) is 5.31. The Kier molecular flexibility index (Phi) is 8.08. The third-order valence-electron chi connectivity index (χ3n) is 15.2. The molecule has 3 fully saturated rings. The number of hydrogen-bond acceptors (Lipinski definition) is 5. The first-order valence-corrected chi connectivity index (χ1v) is 18.7. The number of rotatable bonds is 5. The normalized spacial score (nSPS) is 39.1. The average Bonchev–Trinajstić information content (AvgIpc) is 3.07. The van der Waals surface area contributed by atoms with Crippen LogP contribution in [0.25, 0.3) is 0 Å². The quantitative estimate of drug-likeness (QED) is 0.322. The molecule has 0 radical (unpaired) electrons. The average molecular weight is 665 g/mol. The SMILES string of the molecule is CC1(COC(=O)c2ccccc2)CCC2(C)CCC3(C)C4=CCC5C(C)(CCC(OC(=O)c6ccc(O)cc6)C5(C)C)C4=CCC3(C)C2C1. The van der Waals surface area contributed by atoms with Gasteiger partial charge in [0.25, 0.3) is 0 Å². The Balaban J connectivity index is 1.13. The van der Waals surface area contributed by atoms with Crippen molar-refractivity contribution in [2.24, 2.45) is 44.3 Å². The summed E-state index contributed by atoms with van der Waals surface area (Å²) in [5, 5.41) is 9.69. The Hall–Kier alpha value is -3.34. The highest BCUT2D eigenvalue weighted by Crippen LogP contribution is 2.74. The molecule has 8 atom stereocenters. The molecule has 3 saturated carbocycles. The maximum atomic E-state index is 13.2. The molecule has 0 amide bonds. The standard InChI is InChI=1S/C44H56O5/c1-39(2)34-18-17-33-32(42(34,5)21-20-36(39)49-38(47)30-13-15-31(45)16-14-30)19-22-44(7)35-27-40(3,23-24-41(35,4)25-26-43(33,44)6)28-48-37(46)29-11-9-8-10-12-29/h8-17,19,34-36,45H,18,20-28H2,1-7H3. The van der Waals surface area contributed by atoms with Gasteiger partial charge in [-0.15, -0.1) is 0 Å². The number of ether oxygens (including phenoxy) is 2. The largest absolute Gasteiger partial charge is 0.508 e. The fraction of sp³-hybridized carbons (Fsp3) is 0.591. The van der Waals surface area contributed by atoms with Crippen LogP contribution in [0.15, 0.2) is 77.9 Å². The number of fused-ring (bicyclic) bond motifs is 7. The van der Waals surface area contributed by atoms with E-state index in [1.807, 2.05) is 30.3 Å². The van der Waals surface area contributed by atoms with Crippen LogP contribution in [0.3, 0.4) is 0 Å². The maximum absolute atomic E-state index is 13.2. The molecule has 49 heavy (non-hydrogen) atoms. The van der Waals surface area contributed by atoms with E-state index in [1.54, 1.807) is 35.4 Å². The number of carbonyl (C=O) groups excluding carboxylic acids is 2. The zero-order chi connectivity index (χ0) is 35.0. The Morgan fingerprint density at radius 1 is 0.755 bits per heavy atom. The van der Waals surface area contributed by atoms with Crippen LogP contribution in [0.4, 0.5) is 0 Å². The summed E-state index contributed by atoms with van der Waals surface area (Å²) in [7, 11) is 0. The number of phenolic OH excluding ortho intramolecular Hbond substituents is 1. The van der Waals surface area contributed by atoms with Gasteiger partial charge in [0.15, 0.2) is 0 Å². The highest BCUT2D eigenvalue weighted by atomic mass is 16.5. The fourth-order valence-corrected chi connectivity index (χ4v) is 11.7. The van der Waals surface area contributed by atoms with Gasteiger partial charge >= 0.3 is 11.9 Å². The lowest BCUT2D eigenvalue weighted by Crippen LogP contribution is -2.61. The van der Waals surface area contributed by atoms with E-state index < -0.39 is 0 Å². The maximum Gasteiger partial charge on any atom is 0.338 e. The third-order valence-corrected chi connectivity index (χ3v) is 15.2. The zero-order valence-corrected chi connectivity index (χ0v) is 30.7. The molecule has 5 aliphatic rings. The van der Waals surface area contributed by atoms with Crippen molar-refractivity contribution in [2.75, 3.05) is 6.61 Å². The molecular weight excluding hydrogens is 608 g/mol. The molecular formula is C44H56O5. The Bertz CT molecular complexity index is 1690. The van der Waals surface area contributed by atoms with E-state index in [2.05, 4.69) is 60.6 Å². The number of hydrogen-bond donors (Lipinski definition) is 1. The number of benzene rings is 2. The molecule has 0 aromatic heterocycles. The van der Waals surface area contributed by atoms with Crippen LogP contribution in [0.1, 0.15) is 127 Å². The van der Waals surface area contributed by atoms with Crippen molar-refractivity contribution in [3.05, 3.63) is 89.0 Å². The highest BCUT2D eigenvalue weighted by molar-refractivity contribution is 5.90. The van der Waals surface area contributed by atoms with Crippen molar-refractivity contribution in [1.29, 1.82) is 0 Å². The molecule has 0 aliphatic heterocycles. The second kappa shape index (κ2) is 11.6. The predicted octanol–water partition coefficient (Wildman–Crippen LogP) is 10.5. The van der Waals surface area contributed by atoms with Gasteiger partial charge in [-0.1, -0.05) is 78.8 Å². The van der Waals surface area contributed by atoms with Crippen LogP contribution >= 0.6 is 0 Å². The minimum absolute atomic E-state index is 0.0207. The highest BCUT2D eigenvalue weighted by Gasteiger charge is 2.66. The second-order valence-electron chi connectivity index (χ2n) is 18.4. The van der Waals surface area contributed by atoms with E-state index in [0.717, 1.165) is 38.5 Å². The van der Waals surface area contributed by atoms with Gasteiger partial charge in [0.2, 0.25) is 0 Å². The second-order valence-corrected chi connectivity index (χ2v) is 18.4. The van der Waals surface area contributed by atoms with Crippen molar-refractivity contribution in [1.82, 2.24) is 0 Å². The Morgan fingerprint density at radius 3 is 2.14 bits per heavy atom. The van der Waals surface area contributed by atoms with Gasteiger partial charge < -0.3 is 14.6 Å². The van der Waals surface area contributed by atoms with E-state index in [-0.39, 0.29) is 56.3 Å². The molecule has 0 heterocycles. The molecule has 5 nitrogen and oxygen atoms in total. The molecule has 7 rings (SSSR count). The molecule has 2 aromatic rings. The molecule has 2 aromatic carbocycles. The van der Waals surface area contributed by atoms with Crippen LogP contribution in [0.2, 0.25) is 0 Å². The molecule has 262 valence electrons. The lowest BCUT2D eigenvalue weighted by atomic mass is 9.36. The van der Waals surface area contributed by atoms with Gasteiger partial charge in [-0.05, 0) is 139 Å². The van der Waals surface area contributed by atoms with E-state index >= 15 is 0 Å². The Morgan fingerprint density at radius 2 is 1.43 bits per heavy atom. The van der Waals surface area contributed by atoms with Crippen LogP contribution < -0.4 is 0 Å². The summed E-state index contributed by atoms with van der Waals surface area (Å²) in [5.74, 6) is 0.505. The van der Waals surface area contributed by atoms with Crippen LogP contribution in [0, 0.1) is 44.3 Å². The van der Waals surface area contributed by atoms with Crippen LogP contribution in [-0.4, -0.2) is 29.8 Å². The zero-order valence-electron chi connectivity index (χ0n) is 30.7. The van der Waals surface area contributed by atoms with E-state index in [9.17, 15) is 14.7 Å². The van der Waals surface area contributed by atoms with Crippen molar-refractivity contribution in [3.8, 4) is 5.75 Å². The smallest absolute Gasteiger partial charge is 0.338 e. The van der Waals surface area contributed by atoms with Gasteiger partial charge in [0.1, 0.15) is 11.9 Å². The minimum Gasteiger partial charge on any atom is -0.508 e. The van der Waals surface area contributed by atoms with E-state index in [0.29, 0.717) is 29.6 Å². The minimum atomic E-state index is -0.312.